The van der Waals surface area contributed by atoms with Gasteiger partial charge in [-0.2, -0.15) is 5.10 Å². The van der Waals surface area contributed by atoms with Crippen molar-refractivity contribution >= 4 is 11.3 Å². The van der Waals surface area contributed by atoms with Crippen molar-refractivity contribution in [2.45, 2.75) is 40.0 Å². The van der Waals surface area contributed by atoms with Gasteiger partial charge in [-0.25, -0.2) is 0 Å². The van der Waals surface area contributed by atoms with Gasteiger partial charge < -0.3 is 10.5 Å². The number of aryl methyl sites for hydroxylation is 1. The maximum atomic E-state index is 5.74. The Morgan fingerprint density at radius 3 is 2.83 bits per heavy atom. The average molecular weight is 265 g/mol. The molecule has 5 heteroatoms. The zero-order valence-corrected chi connectivity index (χ0v) is 11.8. The number of ether oxygens (including phenoxy) is 1. The molecule has 2 N–H and O–H groups in total. The van der Waals surface area contributed by atoms with Crippen LogP contribution in [0.2, 0.25) is 0 Å². The lowest BCUT2D eigenvalue weighted by Gasteiger charge is -2.04. The van der Waals surface area contributed by atoms with E-state index in [1.165, 1.54) is 15.3 Å². The zero-order valence-electron chi connectivity index (χ0n) is 11.0. The molecule has 0 aliphatic rings. The van der Waals surface area contributed by atoms with Crippen LogP contribution in [0.4, 0.5) is 0 Å². The molecule has 2 heterocycles. The van der Waals surface area contributed by atoms with Crippen LogP contribution in [0.1, 0.15) is 35.2 Å². The number of rotatable bonds is 5. The van der Waals surface area contributed by atoms with Crippen LogP contribution in [0.3, 0.4) is 0 Å². The van der Waals surface area contributed by atoms with Crippen molar-refractivity contribution in [3.8, 4) is 5.75 Å². The van der Waals surface area contributed by atoms with E-state index in [1.54, 1.807) is 17.5 Å². The Morgan fingerprint density at radius 1 is 1.50 bits per heavy atom. The van der Waals surface area contributed by atoms with Gasteiger partial charge in [-0.3, -0.25) is 4.68 Å². The largest absolute Gasteiger partial charge is 0.486 e. The molecule has 18 heavy (non-hydrogen) atoms. The first kappa shape index (κ1) is 13.1. The lowest BCUT2D eigenvalue weighted by Crippen LogP contribution is -2.00. The molecule has 2 aromatic rings. The SMILES string of the molecule is Cc1sc(CN)cc1COc1cnn(C(C)C)c1. The summed E-state index contributed by atoms with van der Waals surface area (Å²) in [5, 5.41) is 4.25. The van der Waals surface area contributed by atoms with E-state index in [1.807, 2.05) is 10.9 Å². The topological polar surface area (TPSA) is 53.1 Å². The van der Waals surface area contributed by atoms with Crippen molar-refractivity contribution in [2.75, 3.05) is 0 Å². The monoisotopic (exact) mass is 265 g/mol. The van der Waals surface area contributed by atoms with Crippen LogP contribution in [0.5, 0.6) is 5.75 Å². The van der Waals surface area contributed by atoms with Gasteiger partial charge in [-0.15, -0.1) is 11.3 Å². The van der Waals surface area contributed by atoms with Crippen LogP contribution in [0, 0.1) is 6.92 Å². The van der Waals surface area contributed by atoms with Gasteiger partial charge in [0, 0.05) is 27.9 Å². The highest BCUT2D eigenvalue weighted by Gasteiger charge is 2.07. The lowest BCUT2D eigenvalue weighted by molar-refractivity contribution is 0.305. The predicted molar refractivity (Wildman–Crippen MR) is 73.9 cm³/mol. The van der Waals surface area contributed by atoms with Crippen LogP contribution in [0.25, 0.3) is 0 Å². The number of hydrogen-bond donors (Lipinski definition) is 1. The Morgan fingerprint density at radius 2 is 2.28 bits per heavy atom. The third-order valence-corrected chi connectivity index (χ3v) is 3.89. The first-order chi connectivity index (χ1) is 8.60. The van der Waals surface area contributed by atoms with E-state index in [9.17, 15) is 0 Å². The predicted octanol–water partition coefficient (Wildman–Crippen LogP) is 2.87. The smallest absolute Gasteiger partial charge is 0.157 e. The Bertz CT molecular complexity index is 516. The molecule has 0 atom stereocenters. The fourth-order valence-corrected chi connectivity index (χ4v) is 2.60. The molecule has 0 saturated heterocycles. The molecule has 0 amide bonds. The molecule has 98 valence electrons. The number of nitrogens with two attached hydrogens (primary N) is 1. The van der Waals surface area contributed by atoms with Crippen LogP contribution < -0.4 is 10.5 Å². The number of hydrogen-bond acceptors (Lipinski definition) is 4. The second kappa shape index (κ2) is 5.54. The van der Waals surface area contributed by atoms with Gasteiger partial charge in [0.1, 0.15) is 6.61 Å². The fourth-order valence-electron chi connectivity index (χ4n) is 1.67. The van der Waals surface area contributed by atoms with Gasteiger partial charge in [0.05, 0.1) is 12.4 Å². The normalized spacial score (nSPS) is 11.2. The molecule has 0 bridgehead atoms. The molecule has 0 aliphatic carbocycles. The van der Waals surface area contributed by atoms with E-state index >= 15 is 0 Å². The van der Waals surface area contributed by atoms with Crippen molar-refractivity contribution in [3.63, 3.8) is 0 Å². The first-order valence-corrected chi connectivity index (χ1v) is 6.87. The van der Waals surface area contributed by atoms with Crippen LogP contribution >= 0.6 is 11.3 Å². The zero-order chi connectivity index (χ0) is 13.1. The molecule has 2 aromatic heterocycles. The van der Waals surface area contributed by atoms with Gasteiger partial charge in [-0.1, -0.05) is 0 Å². The number of thiophene rings is 1. The third-order valence-electron chi connectivity index (χ3n) is 2.77. The van der Waals surface area contributed by atoms with E-state index in [-0.39, 0.29) is 0 Å². The highest BCUT2D eigenvalue weighted by Crippen LogP contribution is 2.23. The number of aromatic nitrogens is 2. The Hall–Kier alpha value is -1.33. The molecule has 0 unspecified atom stereocenters. The van der Waals surface area contributed by atoms with Crippen LogP contribution in [-0.4, -0.2) is 9.78 Å². The van der Waals surface area contributed by atoms with E-state index < -0.39 is 0 Å². The molecule has 0 aliphatic heterocycles. The standard InChI is InChI=1S/C13H19N3OS/c1-9(2)16-7-12(6-15-16)17-8-11-4-13(5-14)18-10(11)3/h4,6-7,9H,5,8,14H2,1-3H3. The quantitative estimate of drug-likeness (QED) is 0.904. The minimum atomic E-state index is 0.356. The van der Waals surface area contributed by atoms with E-state index in [4.69, 9.17) is 10.5 Å². The highest BCUT2D eigenvalue weighted by molar-refractivity contribution is 7.12. The van der Waals surface area contributed by atoms with Crippen molar-refractivity contribution in [3.05, 3.63) is 33.8 Å². The van der Waals surface area contributed by atoms with Crippen molar-refractivity contribution in [2.24, 2.45) is 5.73 Å². The van der Waals surface area contributed by atoms with Gasteiger partial charge >= 0.3 is 0 Å². The average Bonchev–Trinajstić information content (AvgIpc) is 2.93. The molecule has 2 rings (SSSR count). The van der Waals surface area contributed by atoms with Gasteiger partial charge in [0.2, 0.25) is 0 Å². The summed E-state index contributed by atoms with van der Waals surface area (Å²) in [6, 6.07) is 2.47. The Kier molecular flexibility index (Phi) is 4.04. The molecule has 0 saturated carbocycles. The minimum Gasteiger partial charge on any atom is -0.486 e. The molecule has 4 nitrogen and oxygen atoms in total. The van der Waals surface area contributed by atoms with Gasteiger partial charge in [-0.05, 0) is 26.8 Å². The molecule has 0 aromatic carbocycles. The summed E-state index contributed by atoms with van der Waals surface area (Å²) in [4.78, 5) is 2.47. The maximum absolute atomic E-state index is 5.74. The Labute approximate surface area is 111 Å². The molecule has 0 radical (unpaired) electrons. The van der Waals surface area contributed by atoms with Gasteiger partial charge in [0.15, 0.2) is 5.75 Å². The second-order valence-corrected chi connectivity index (χ2v) is 5.88. The lowest BCUT2D eigenvalue weighted by atomic mass is 10.2. The Balaban J connectivity index is 1.99. The van der Waals surface area contributed by atoms with Crippen molar-refractivity contribution in [1.29, 1.82) is 0 Å². The molecular weight excluding hydrogens is 246 g/mol. The van der Waals surface area contributed by atoms with Crippen LogP contribution in [0.15, 0.2) is 18.5 Å². The summed E-state index contributed by atoms with van der Waals surface area (Å²) in [5.41, 5.74) is 6.84. The van der Waals surface area contributed by atoms with E-state index in [0.29, 0.717) is 19.2 Å². The first-order valence-electron chi connectivity index (χ1n) is 6.05. The third kappa shape index (κ3) is 2.91. The fraction of sp³-hybridized carbons (Fsp3) is 0.462. The van der Waals surface area contributed by atoms with E-state index in [0.717, 1.165) is 5.75 Å². The summed E-state index contributed by atoms with van der Waals surface area (Å²) in [5.74, 6) is 0.809. The highest BCUT2D eigenvalue weighted by atomic mass is 32.1. The summed E-state index contributed by atoms with van der Waals surface area (Å²) in [7, 11) is 0. The molecular formula is C13H19N3OS. The summed E-state index contributed by atoms with van der Waals surface area (Å²) in [6.07, 6.45) is 3.68. The maximum Gasteiger partial charge on any atom is 0.157 e. The summed E-state index contributed by atoms with van der Waals surface area (Å²) < 4.78 is 7.63. The van der Waals surface area contributed by atoms with Crippen molar-refractivity contribution < 1.29 is 4.74 Å². The van der Waals surface area contributed by atoms with Gasteiger partial charge in [0.25, 0.3) is 0 Å². The molecule has 0 spiro atoms. The number of nitrogens with zero attached hydrogens (tertiary/aromatic N) is 2. The minimum absolute atomic E-state index is 0.356. The molecule has 0 fully saturated rings. The van der Waals surface area contributed by atoms with E-state index in [2.05, 4.69) is 31.9 Å². The van der Waals surface area contributed by atoms with Crippen molar-refractivity contribution in [1.82, 2.24) is 9.78 Å². The summed E-state index contributed by atoms with van der Waals surface area (Å²) >= 11 is 1.73. The second-order valence-electron chi connectivity index (χ2n) is 4.54. The van der Waals surface area contributed by atoms with Crippen LogP contribution in [-0.2, 0) is 13.2 Å². The summed E-state index contributed by atoms with van der Waals surface area (Å²) in [6.45, 7) is 7.45.